The number of hydrogen-bond donors (Lipinski definition) is 0. The van der Waals surface area contributed by atoms with Gasteiger partial charge in [0, 0.05) is 6.54 Å². The second-order valence-electron chi connectivity index (χ2n) is 4.45. The Morgan fingerprint density at radius 2 is 2.00 bits per heavy atom. The Kier molecular flexibility index (Phi) is 3.99. The van der Waals surface area contributed by atoms with E-state index in [1.54, 1.807) is 0 Å². The van der Waals surface area contributed by atoms with E-state index >= 15 is 0 Å². The van der Waals surface area contributed by atoms with Crippen LogP contribution in [0.4, 0.5) is 0 Å². The third-order valence-electron chi connectivity index (χ3n) is 2.26. The van der Waals surface area contributed by atoms with E-state index in [-0.39, 0.29) is 0 Å². The molecule has 3 heteroatoms. The van der Waals surface area contributed by atoms with Crippen LogP contribution in [0.25, 0.3) is 0 Å². The molecule has 0 saturated heterocycles. The second kappa shape index (κ2) is 4.83. The van der Waals surface area contributed by atoms with Gasteiger partial charge in [0.05, 0.1) is 5.69 Å². The lowest BCUT2D eigenvalue weighted by Gasteiger charge is -2.05. The third kappa shape index (κ3) is 3.02. The third-order valence-corrected chi connectivity index (χ3v) is 2.56. The van der Waals surface area contributed by atoms with E-state index in [1.165, 1.54) is 0 Å². The zero-order chi connectivity index (χ0) is 10.7. The van der Waals surface area contributed by atoms with Crippen molar-refractivity contribution in [1.82, 2.24) is 9.78 Å². The molecule has 0 fully saturated rings. The topological polar surface area (TPSA) is 17.8 Å². The molecule has 0 unspecified atom stereocenters. The molecule has 14 heavy (non-hydrogen) atoms. The monoisotopic (exact) mass is 214 g/mol. The summed E-state index contributed by atoms with van der Waals surface area (Å²) in [4.78, 5) is 0. The SMILES string of the molecule is CC(C)CCn1nc(C(C)C)cc1Cl. The van der Waals surface area contributed by atoms with Crippen molar-refractivity contribution >= 4 is 11.6 Å². The first kappa shape index (κ1) is 11.6. The molecule has 0 aliphatic heterocycles. The Hall–Kier alpha value is -0.500. The van der Waals surface area contributed by atoms with Gasteiger partial charge in [-0.15, -0.1) is 0 Å². The maximum atomic E-state index is 6.07. The maximum absolute atomic E-state index is 6.07. The average Bonchev–Trinajstić information content (AvgIpc) is 2.43. The lowest BCUT2D eigenvalue weighted by atomic mass is 10.1. The highest BCUT2D eigenvalue weighted by Gasteiger charge is 2.08. The van der Waals surface area contributed by atoms with Gasteiger partial charge < -0.3 is 0 Å². The summed E-state index contributed by atoms with van der Waals surface area (Å²) >= 11 is 6.07. The Balaban J connectivity index is 2.67. The highest BCUT2D eigenvalue weighted by Crippen LogP contribution is 2.18. The molecular formula is C11H19ClN2. The molecule has 1 rings (SSSR count). The van der Waals surface area contributed by atoms with Gasteiger partial charge in [0.1, 0.15) is 5.15 Å². The van der Waals surface area contributed by atoms with E-state index in [9.17, 15) is 0 Å². The summed E-state index contributed by atoms with van der Waals surface area (Å²) in [5, 5.41) is 5.22. The molecule has 0 bridgehead atoms. The van der Waals surface area contributed by atoms with Crippen LogP contribution in [0, 0.1) is 5.92 Å². The molecule has 0 aromatic carbocycles. The van der Waals surface area contributed by atoms with Crippen LogP contribution in [-0.2, 0) is 6.54 Å². The van der Waals surface area contributed by atoms with Gasteiger partial charge in [0.25, 0.3) is 0 Å². The van der Waals surface area contributed by atoms with Crippen LogP contribution in [0.15, 0.2) is 6.07 Å². The smallest absolute Gasteiger partial charge is 0.127 e. The van der Waals surface area contributed by atoms with Crippen molar-refractivity contribution < 1.29 is 0 Å². The van der Waals surface area contributed by atoms with Gasteiger partial charge >= 0.3 is 0 Å². The van der Waals surface area contributed by atoms with Gasteiger partial charge in [-0.1, -0.05) is 39.3 Å². The van der Waals surface area contributed by atoms with Crippen molar-refractivity contribution in [2.75, 3.05) is 0 Å². The van der Waals surface area contributed by atoms with Crippen molar-refractivity contribution in [3.05, 3.63) is 16.9 Å². The normalized spacial score (nSPS) is 11.6. The summed E-state index contributed by atoms with van der Waals surface area (Å²) in [7, 11) is 0. The van der Waals surface area contributed by atoms with E-state index in [0.29, 0.717) is 11.8 Å². The quantitative estimate of drug-likeness (QED) is 0.747. The Morgan fingerprint density at radius 3 is 2.43 bits per heavy atom. The molecule has 0 aliphatic rings. The van der Waals surface area contributed by atoms with Crippen LogP contribution < -0.4 is 0 Å². The molecule has 0 spiro atoms. The minimum atomic E-state index is 0.452. The van der Waals surface area contributed by atoms with Crippen molar-refractivity contribution in [2.24, 2.45) is 5.92 Å². The first-order valence-corrected chi connectivity index (χ1v) is 5.61. The molecule has 1 aromatic rings. The molecular weight excluding hydrogens is 196 g/mol. The first-order chi connectivity index (χ1) is 6.50. The fourth-order valence-electron chi connectivity index (χ4n) is 1.23. The van der Waals surface area contributed by atoms with Crippen molar-refractivity contribution in [3.63, 3.8) is 0 Å². The zero-order valence-corrected chi connectivity index (χ0v) is 10.2. The fourth-order valence-corrected chi connectivity index (χ4v) is 1.47. The number of nitrogens with zero attached hydrogens (tertiary/aromatic N) is 2. The molecule has 1 aromatic heterocycles. The summed E-state index contributed by atoms with van der Waals surface area (Å²) in [6, 6.07) is 1.96. The minimum Gasteiger partial charge on any atom is -0.254 e. The summed E-state index contributed by atoms with van der Waals surface area (Å²) in [5.41, 5.74) is 1.08. The summed E-state index contributed by atoms with van der Waals surface area (Å²) in [5.74, 6) is 1.14. The van der Waals surface area contributed by atoms with Gasteiger partial charge in [-0.05, 0) is 24.3 Å². The van der Waals surface area contributed by atoms with Crippen LogP contribution in [0.5, 0.6) is 0 Å². The average molecular weight is 215 g/mol. The maximum Gasteiger partial charge on any atom is 0.127 e. The number of aryl methyl sites for hydroxylation is 1. The first-order valence-electron chi connectivity index (χ1n) is 5.24. The van der Waals surface area contributed by atoms with Gasteiger partial charge in [-0.25, -0.2) is 0 Å². The summed E-state index contributed by atoms with van der Waals surface area (Å²) in [6.45, 7) is 9.60. The predicted octanol–water partition coefficient (Wildman–Crippen LogP) is 3.71. The summed E-state index contributed by atoms with van der Waals surface area (Å²) < 4.78 is 1.90. The molecule has 1 heterocycles. The molecule has 0 amide bonds. The number of hydrogen-bond acceptors (Lipinski definition) is 1. The van der Waals surface area contributed by atoms with E-state index in [0.717, 1.165) is 23.8 Å². The highest BCUT2D eigenvalue weighted by atomic mass is 35.5. The van der Waals surface area contributed by atoms with Crippen LogP contribution in [0.1, 0.15) is 45.7 Å². The van der Waals surface area contributed by atoms with Gasteiger partial charge in [-0.3, -0.25) is 4.68 Å². The second-order valence-corrected chi connectivity index (χ2v) is 4.84. The molecule has 0 radical (unpaired) electrons. The molecule has 0 aliphatic carbocycles. The lowest BCUT2D eigenvalue weighted by Crippen LogP contribution is -2.04. The Labute approximate surface area is 91.3 Å². The molecule has 0 saturated carbocycles. The van der Waals surface area contributed by atoms with Crippen LogP contribution in [0.2, 0.25) is 5.15 Å². The van der Waals surface area contributed by atoms with Crippen molar-refractivity contribution in [1.29, 1.82) is 0 Å². The number of halogens is 1. The Bertz CT molecular complexity index is 289. The van der Waals surface area contributed by atoms with E-state index in [4.69, 9.17) is 11.6 Å². The molecule has 2 nitrogen and oxygen atoms in total. The summed E-state index contributed by atoms with van der Waals surface area (Å²) in [6.07, 6.45) is 1.12. The predicted molar refractivity (Wildman–Crippen MR) is 60.8 cm³/mol. The Morgan fingerprint density at radius 1 is 1.36 bits per heavy atom. The standard InChI is InChI=1S/C11H19ClN2/c1-8(2)5-6-14-11(12)7-10(13-14)9(3)4/h7-9H,5-6H2,1-4H3. The largest absolute Gasteiger partial charge is 0.254 e. The fraction of sp³-hybridized carbons (Fsp3) is 0.727. The van der Waals surface area contributed by atoms with Gasteiger partial charge in [0.15, 0.2) is 0 Å². The van der Waals surface area contributed by atoms with Gasteiger partial charge in [-0.2, -0.15) is 5.10 Å². The van der Waals surface area contributed by atoms with Crippen molar-refractivity contribution in [3.8, 4) is 0 Å². The highest BCUT2D eigenvalue weighted by molar-refractivity contribution is 6.29. The van der Waals surface area contributed by atoms with E-state index < -0.39 is 0 Å². The molecule has 80 valence electrons. The van der Waals surface area contributed by atoms with Crippen LogP contribution in [-0.4, -0.2) is 9.78 Å². The molecule has 0 N–H and O–H groups in total. The van der Waals surface area contributed by atoms with Gasteiger partial charge in [0.2, 0.25) is 0 Å². The number of aromatic nitrogens is 2. The minimum absolute atomic E-state index is 0.452. The van der Waals surface area contributed by atoms with Crippen LogP contribution in [0.3, 0.4) is 0 Å². The number of rotatable bonds is 4. The lowest BCUT2D eigenvalue weighted by molar-refractivity contribution is 0.483. The molecule has 0 atom stereocenters. The van der Waals surface area contributed by atoms with E-state index in [2.05, 4.69) is 32.8 Å². The van der Waals surface area contributed by atoms with E-state index in [1.807, 2.05) is 10.7 Å². The van der Waals surface area contributed by atoms with Crippen molar-refractivity contribution in [2.45, 2.75) is 46.6 Å². The van der Waals surface area contributed by atoms with Crippen LogP contribution >= 0.6 is 11.6 Å². The zero-order valence-electron chi connectivity index (χ0n) is 9.42.